The third-order valence-electron chi connectivity index (χ3n) is 2.92. The van der Waals surface area contributed by atoms with Gasteiger partial charge in [0.2, 0.25) is 5.89 Å². The second-order valence-corrected chi connectivity index (χ2v) is 5.53. The first-order chi connectivity index (χ1) is 9.63. The van der Waals surface area contributed by atoms with Crippen molar-refractivity contribution in [1.82, 2.24) is 15.3 Å². The second-order valence-electron chi connectivity index (χ2n) is 4.46. The summed E-state index contributed by atoms with van der Waals surface area (Å²) in [7, 11) is 0. The van der Waals surface area contributed by atoms with Crippen LogP contribution >= 0.6 is 11.3 Å². The molecule has 1 N–H and O–H groups in total. The molecule has 0 unspecified atom stereocenters. The number of oxazole rings is 1. The van der Waals surface area contributed by atoms with E-state index in [0.717, 1.165) is 21.7 Å². The van der Waals surface area contributed by atoms with Crippen LogP contribution in [0.3, 0.4) is 0 Å². The van der Waals surface area contributed by atoms with Gasteiger partial charge in [-0.15, -0.1) is 11.3 Å². The fourth-order valence-corrected chi connectivity index (χ4v) is 2.51. The van der Waals surface area contributed by atoms with Crippen molar-refractivity contribution in [2.75, 3.05) is 0 Å². The van der Waals surface area contributed by atoms with Crippen LogP contribution in [0, 0.1) is 13.8 Å². The van der Waals surface area contributed by atoms with E-state index in [-0.39, 0.29) is 12.5 Å². The molecule has 20 heavy (non-hydrogen) atoms. The van der Waals surface area contributed by atoms with Crippen molar-refractivity contribution in [2.24, 2.45) is 0 Å². The molecule has 0 spiro atoms. The average Bonchev–Trinajstić information content (AvgIpc) is 3.03. The first-order valence-electron chi connectivity index (χ1n) is 6.19. The Kier molecular flexibility index (Phi) is 3.23. The molecule has 1 aromatic carbocycles. The molecule has 6 heteroatoms. The van der Waals surface area contributed by atoms with Gasteiger partial charge >= 0.3 is 0 Å². The number of benzene rings is 1. The van der Waals surface area contributed by atoms with E-state index in [0.29, 0.717) is 11.6 Å². The third-order valence-corrected chi connectivity index (χ3v) is 3.69. The first kappa shape index (κ1) is 12.8. The predicted molar refractivity (Wildman–Crippen MR) is 76.8 cm³/mol. The lowest BCUT2D eigenvalue weighted by Crippen LogP contribution is -2.23. The van der Waals surface area contributed by atoms with Gasteiger partial charge in [0, 0.05) is 5.38 Å². The molecule has 0 fully saturated rings. The number of amides is 1. The predicted octanol–water partition coefficient (Wildman–Crippen LogP) is 2.83. The highest BCUT2D eigenvalue weighted by atomic mass is 32.1. The lowest BCUT2D eigenvalue weighted by atomic mass is 10.2. The van der Waals surface area contributed by atoms with Gasteiger partial charge in [-0.1, -0.05) is 12.1 Å². The third kappa shape index (κ3) is 2.42. The zero-order valence-electron chi connectivity index (χ0n) is 11.1. The number of carbonyl (C=O) groups excluding carboxylic acids is 1. The smallest absolute Gasteiger partial charge is 0.271 e. The maximum Gasteiger partial charge on any atom is 0.271 e. The summed E-state index contributed by atoms with van der Waals surface area (Å²) < 4.78 is 5.60. The Morgan fingerprint density at radius 1 is 1.35 bits per heavy atom. The van der Waals surface area contributed by atoms with Gasteiger partial charge < -0.3 is 9.73 Å². The van der Waals surface area contributed by atoms with Gasteiger partial charge in [-0.3, -0.25) is 4.79 Å². The molecule has 2 aromatic heterocycles. The van der Waals surface area contributed by atoms with E-state index in [1.165, 1.54) is 11.3 Å². The highest BCUT2D eigenvalue weighted by Crippen LogP contribution is 2.18. The molecule has 0 radical (unpaired) electrons. The van der Waals surface area contributed by atoms with Crippen LogP contribution in [0.5, 0.6) is 0 Å². The molecular weight excluding hydrogens is 274 g/mol. The number of aromatic nitrogens is 2. The lowest BCUT2D eigenvalue weighted by molar-refractivity contribution is 0.0943. The number of nitrogens with zero attached hydrogens (tertiary/aromatic N) is 2. The van der Waals surface area contributed by atoms with Gasteiger partial charge in [-0.25, -0.2) is 9.97 Å². The number of para-hydroxylation sites is 1. The summed E-state index contributed by atoms with van der Waals surface area (Å²) in [5.41, 5.74) is 3.05. The van der Waals surface area contributed by atoms with Gasteiger partial charge in [0.1, 0.15) is 11.2 Å². The van der Waals surface area contributed by atoms with Crippen molar-refractivity contribution in [3.8, 4) is 0 Å². The number of hydrogen-bond donors (Lipinski definition) is 1. The summed E-state index contributed by atoms with van der Waals surface area (Å²) in [5, 5.41) is 5.36. The average molecular weight is 287 g/mol. The summed E-state index contributed by atoms with van der Waals surface area (Å²) in [4.78, 5) is 20.4. The first-order valence-corrected chi connectivity index (χ1v) is 7.07. The minimum Gasteiger partial charge on any atom is -0.439 e. The fourth-order valence-electron chi connectivity index (χ4n) is 1.92. The summed E-state index contributed by atoms with van der Waals surface area (Å²) in [6.45, 7) is 4.10. The van der Waals surface area contributed by atoms with E-state index < -0.39 is 0 Å². The number of hydrogen-bond acceptors (Lipinski definition) is 5. The highest BCUT2D eigenvalue weighted by Gasteiger charge is 2.12. The van der Waals surface area contributed by atoms with Crippen LogP contribution in [0.4, 0.5) is 0 Å². The molecule has 0 bridgehead atoms. The van der Waals surface area contributed by atoms with Crippen LogP contribution in [-0.4, -0.2) is 15.9 Å². The Balaban J connectivity index is 1.74. The zero-order chi connectivity index (χ0) is 14.1. The maximum atomic E-state index is 11.9. The summed E-state index contributed by atoms with van der Waals surface area (Å²) in [6.07, 6.45) is 0. The van der Waals surface area contributed by atoms with E-state index in [9.17, 15) is 4.79 Å². The highest BCUT2D eigenvalue weighted by molar-refractivity contribution is 7.09. The van der Waals surface area contributed by atoms with Crippen LogP contribution in [-0.2, 0) is 6.54 Å². The quantitative estimate of drug-likeness (QED) is 0.804. The Hall–Kier alpha value is -2.21. The number of carbonyl (C=O) groups is 1. The minimum absolute atomic E-state index is 0.215. The van der Waals surface area contributed by atoms with Gasteiger partial charge in [0.15, 0.2) is 5.58 Å². The van der Waals surface area contributed by atoms with Crippen molar-refractivity contribution in [2.45, 2.75) is 20.4 Å². The minimum atomic E-state index is -0.215. The Morgan fingerprint density at radius 3 is 2.90 bits per heavy atom. The SMILES string of the molecule is Cc1nc(C(=O)NCc2nc3c(C)cccc3o2)cs1. The fraction of sp³-hybridized carbons (Fsp3) is 0.214. The summed E-state index contributed by atoms with van der Waals surface area (Å²) in [6, 6.07) is 5.76. The van der Waals surface area contributed by atoms with Crippen molar-refractivity contribution < 1.29 is 9.21 Å². The van der Waals surface area contributed by atoms with Crippen LogP contribution in [0.25, 0.3) is 11.1 Å². The van der Waals surface area contributed by atoms with E-state index in [2.05, 4.69) is 15.3 Å². The Labute approximate surface area is 119 Å². The molecule has 0 saturated heterocycles. The molecule has 102 valence electrons. The normalized spacial score (nSPS) is 10.9. The van der Waals surface area contributed by atoms with Gasteiger partial charge in [-0.05, 0) is 25.5 Å². The molecule has 0 aliphatic heterocycles. The van der Waals surface area contributed by atoms with Crippen molar-refractivity contribution >= 4 is 28.3 Å². The molecule has 3 rings (SSSR count). The van der Waals surface area contributed by atoms with E-state index >= 15 is 0 Å². The van der Waals surface area contributed by atoms with Gasteiger partial charge in [0.05, 0.1) is 11.6 Å². The molecule has 0 saturated carbocycles. The number of nitrogens with one attached hydrogen (secondary N) is 1. The molecule has 0 aliphatic carbocycles. The standard InChI is InChI=1S/C14H13N3O2S/c1-8-4-3-5-11-13(8)17-12(19-11)6-15-14(18)10-7-20-9(2)16-10/h3-5,7H,6H2,1-2H3,(H,15,18). The Morgan fingerprint density at radius 2 is 2.20 bits per heavy atom. The molecule has 2 heterocycles. The zero-order valence-corrected chi connectivity index (χ0v) is 12.0. The van der Waals surface area contributed by atoms with E-state index in [1.54, 1.807) is 5.38 Å². The largest absolute Gasteiger partial charge is 0.439 e. The topological polar surface area (TPSA) is 68.0 Å². The van der Waals surface area contributed by atoms with Crippen LogP contribution in [0.1, 0.15) is 27.0 Å². The molecule has 0 aliphatic rings. The number of fused-ring (bicyclic) bond motifs is 1. The van der Waals surface area contributed by atoms with Gasteiger partial charge in [0.25, 0.3) is 5.91 Å². The number of aryl methyl sites for hydroxylation is 2. The summed E-state index contributed by atoms with van der Waals surface area (Å²) in [5.74, 6) is 0.280. The van der Waals surface area contributed by atoms with Crippen molar-refractivity contribution in [3.63, 3.8) is 0 Å². The Bertz CT molecular complexity index is 776. The van der Waals surface area contributed by atoms with Crippen LogP contribution in [0.2, 0.25) is 0 Å². The van der Waals surface area contributed by atoms with Crippen LogP contribution < -0.4 is 5.32 Å². The molecule has 0 atom stereocenters. The molecular formula is C14H13N3O2S. The summed E-state index contributed by atoms with van der Waals surface area (Å²) >= 11 is 1.45. The molecule has 1 amide bonds. The van der Waals surface area contributed by atoms with E-state index in [4.69, 9.17) is 4.42 Å². The molecule has 5 nitrogen and oxygen atoms in total. The van der Waals surface area contributed by atoms with Crippen molar-refractivity contribution in [1.29, 1.82) is 0 Å². The van der Waals surface area contributed by atoms with E-state index in [1.807, 2.05) is 32.0 Å². The lowest BCUT2D eigenvalue weighted by Gasteiger charge is -1.98. The molecule has 3 aromatic rings. The maximum absolute atomic E-state index is 11.9. The second kappa shape index (κ2) is 5.05. The number of thiazole rings is 1. The van der Waals surface area contributed by atoms with Gasteiger partial charge in [-0.2, -0.15) is 0 Å². The van der Waals surface area contributed by atoms with Crippen molar-refractivity contribution in [3.05, 3.63) is 45.7 Å². The monoisotopic (exact) mass is 287 g/mol. The van der Waals surface area contributed by atoms with Crippen LogP contribution in [0.15, 0.2) is 28.0 Å². The number of rotatable bonds is 3.